The number of sulfonamides is 1. The number of unbranched alkanes of at least 4 members (excludes halogenated alkanes) is 1. The molecule has 1 atom stereocenters. The van der Waals surface area contributed by atoms with Crippen LogP contribution in [0.3, 0.4) is 0 Å². The molecule has 0 aliphatic carbocycles. The third kappa shape index (κ3) is 8.46. The van der Waals surface area contributed by atoms with E-state index >= 15 is 0 Å². The van der Waals surface area contributed by atoms with Crippen molar-refractivity contribution in [3.8, 4) is 0 Å². The van der Waals surface area contributed by atoms with Crippen LogP contribution < -0.4 is 9.62 Å². The average Bonchev–Trinajstić information content (AvgIpc) is 2.92. The van der Waals surface area contributed by atoms with Gasteiger partial charge in [0.15, 0.2) is 0 Å². The molecular formula is C30H35Cl2N3O4S. The van der Waals surface area contributed by atoms with Crippen LogP contribution in [-0.2, 0) is 32.6 Å². The molecule has 0 heterocycles. The quantitative estimate of drug-likeness (QED) is 0.257. The molecule has 0 saturated carbocycles. The van der Waals surface area contributed by atoms with Crippen LogP contribution >= 0.6 is 23.2 Å². The lowest BCUT2D eigenvalue weighted by molar-refractivity contribution is -0.140. The SMILES string of the molecule is CCCCNC(=O)C(Cc1ccccc1)N(Cc1ccccc1Cl)C(=O)CN(c1cccc(Cl)c1C)S(C)(=O)=O. The summed E-state index contributed by atoms with van der Waals surface area (Å²) in [6.07, 6.45) is 2.97. The standard InChI is InChI=1S/C30H35Cl2N3O4S/c1-4-5-18-33-30(37)28(19-23-12-7-6-8-13-23)34(20-24-14-9-10-15-26(24)32)29(36)21-35(40(3,38)39)27-17-11-16-25(31)22(27)2/h6-17,28H,4-5,18-21H2,1-3H3,(H,33,37). The number of hydrogen-bond donors (Lipinski definition) is 1. The maximum atomic E-state index is 14.1. The lowest BCUT2D eigenvalue weighted by Crippen LogP contribution is -2.53. The lowest BCUT2D eigenvalue weighted by Gasteiger charge is -2.34. The van der Waals surface area contributed by atoms with Gasteiger partial charge >= 0.3 is 0 Å². The van der Waals surface area contributed by atoms with Crippen molar-refractivity contribution >= 4 is 50.7 Å². The number of carbonyl (C=O) groups excluding carboxylic acids is 2. The van der Waals surface area contributed by atoms with E-state index in [0.29, 0.717) is 33.4 Å². The second-order valence-corrected chi connectivity index (χ2v) is 12.3. The first kappa shape index (κ1) is 31.5. The molecule has 0 radical (unpaired) electrons. The molecule has 3 aromatic carbocycles. The second-order valence-electron chi connectivity index (χ2n) is 9.62. The van der Waals surface area contributed by atoms with Crippen LogP contribution in [0.5, 0.6) is 0 Å². The summed E-state index contributed by atoms with van der Waals surface area (Å²) in [4.78, 5) is 29.1. The summed E-state index contributed by atoms with van der Waals surface area (Å²) >= 11 is 12.8. The van der Waals surface area contributed by atoms with Gasteiger partial charge < -0.3 is 10.2 Å². The molecule has 2 amide bonds. The fourth-order valence-electron chi connectivity index (χ4n) is 4.33. The van der Waals surface area contributed by atoms with E-state index in [2.05, 4.69) is 5.32 Å². The topological polar surface area (TPSA) is 86.8 Å². The molecule has 7 nitrogen and oxygen atoms in total. The number of rotatable bonds is 13. The first-order valence-corrected chi connectivity index (χ1v) is 15.7. The number of halogens is 2. The predicted molar refractivity (Wildman–Crippen MR) is 162 cm³/mol. The van der Waals surface area contributed by atoms with E-state index in [1.54, 1.807) is 49.4 Å². The highest BCUT2D eigenvalue weighted by Gasteiger charge is 2.33. The van der Waals surface area contributed by atoms with Crippen molar-refractivity contribution in [1.29, 1.82) is 0 Å². The molecule has 3 rings (SSSR count). The zero-order valence-corrected chi connectivity index (χ0v) is 25.3. The van der Waals surface area contributed by atoms with Gasteiger partial charge in [0.2, 0.25) is 21.8 Å². The first-order valence-electron chi connectivity index (χ1n) is 13.1. The summed E-state index contributed by atoms with van der Waals surface area (Å²) in [5, 5.41) is 3.78. The molecule has 40 heavy (non-hydrogen) atoms. The number of amides is 2. The predicted octanol–water partition coefficient (Wildman–Crippen LogP) is 5.62. The van der Waals surface area contributed by atoms with E-state index < -0.39 is 28.5 Å². The summed E-state index contributed by atoms with van der Waals surface area (Å²) in [7, 11) is -3.89. The molecule has 0 spiro atoms. The average molecular weight is 605 g/mol. The van der Waals surface area contributed by atoms with Crippen molar-refractivity contribution in [2.24, 2.45) is 0 Å². The van der Waals surface area contributed by atoms with Gasteiger partial charge in [-0.1, -0.05) is 91.1 Å². The van der Waals surface area contributed by atoms with Gasteiger partial charge in [-0.3, -0.25) is 13.9 Å². The van der Waals surface area contributed by atoms with Crippen LogP contribution in [0, 0.1) is 6.92 Å². The number of benzene rings is 3. The van der Waals surface area contributed by atoms with Gasteiger partial charge in [0.1, 0.15) is 12.6 Å². The van der Waals surface area contributed by atoms with Crippen LogP contribution in [0.25, 0.3) is 0 Å². The fraction of sp³-hybridized carbons (Fsp3) is 0.333. The highest BCUT2D eigenvalue weighted by atomic mass is 35.5. The molecule has 1 unspecified atom stereocenters. The number of nitrogens with one attached hydrogen (secondary N) is 1. The minimum absolute atomic E-state index is 0.0172. The Bertz CT molecular complexity index is 1420. The van der Waals surface area contributed by atoms with Crippen molar-refractivity contribution < 1.29 is 18.0 Å². The van der Waals surface area contributed by atoms with Gasteiger partial charge in [-0.25, -0.2) is 8.42 Å². The van der Waals surface area contributed by atoms with E-state index in [1.807, 2.05) is 37.3 Å². The summed E-state index contributed by atoms with van der Waals surface area (Å²) in [6.45, 7) is 3.69. The normalized spacial score (nSPS) is 12.0. The Hall–Kier alpha value is -3.07. The van der Waals surface area contributed by atoms with E-state index in [9.17, 15) is 18.0 Å². The second kappa shape index (κ2) is 14.5. The Balaban J connectivity index is 2.07. The Morgan fingerprint density at radius 2 is 1.57 bits per heavy atom. The summed E-state index contributed by atoms with van der Waals surface area (Å²) in [6, 6.07) is 20.5. The van der Waals surface area contributed by atoms with E-state index in [0.717, 1.165) is 29.0 Å². The summed E-state index contributed by atoms with van der Waals surface area (Å²) in [5.74, 6) is -0.862. The third-order valence-corrected chi connectivity index (χ3v) is 8.49. The zero-order valence-electron chi connectivity index (χ0n) is 22.9. The van der Waals surface area contributed by atoms with Crippen LogP contribution in [0.2, 0.25) is 10.0 Å². The minimum atomic E-state index is -3.89. The van der Waals surface area contributed by atoms with E-state index in [4.69, 9.17) is 23.2 Å². The molecule has 10 heteroatoms. The lowest BCUT2D eigenvalue weighted by atomic mass is 10.0. The van der Waals surface area contributed by atoms with Crippen molar-refractivity contribution in [1.82, 2.24) is 10.2 Å². The van der Waals surface area contributed by atoms with Crippen LogP contribution in [0.4, 0.5) is 5.69 Å². The van der Waals surface area contributed by atoms with E-state index in [-0.39, 0.29) is 18.9 Å². The van der Waals surface area contributed by atoms with Gasteiger partial charge in [-0.15, -0.1) is 0 Å². The number of hydrogen-bond acceptors (Lipinski definition) is 4. The van der Waals surface area contributed by atoms with Crippen molar-refractivity contribution in [2.75, 3.05) is 23.7 Å². The molecule has 3 aromatic rings. The molecule has 0 bridgehead atoms. The summed E-state index contributed by atoms with van der Waals surface area (Å²) < 4.78 is 26.9. The third-order valence-electron chi connectivity index (χ3n) is 6.59. The van der Waals surface area contributed by atoms with Gasteiger partial charge in [-0.2, -0.15) is 0 Å². The van der Waals surface area contributed by atoms with Crippen molar-refractivity contribution in [3.05, 3.63) is 99.5 Å². The largest absolute Gasteiger partial charge is 0.354 e. The molecule has 1 N–H and O–H groups in total. The van der Waals surface area contributed by atoms with Crippen LogP contribution in [0.15, 0.2) is 72.8 Å². The Morgan fingerprint density at radius 3 is 2.23 bits per heavy atom. The Labute approximate surface area is 247 Å². The van der Waals surface area contributed by atoms with Gasteiger partial charge in [-0.05, 0) is 48.2 Å². The monoisotopic (exact) mass is 603 g/mol. The maximum Gasteiger partial charge on any atom is 0.244 e. The fourth-order valence-corrected chi connectivity index (χ4v) is 5.60. The molecule has 0 aromatic heterocycles. The van der Waals surface area contributed by atoms with Crippen LogP contribution in [-0.4, -0.2) is 50.5 Å². The number of carbonyl (C=O) groups is 2. The van der Waals surface area contributed by atoms with Gasteiger partial charge in [0, 0.05) is 29.6 Å². The molecule has 0 fully saturated rings. The Morgan fingerprint density at radius 1 is 0.925 bits per heavy atom. The molecule has 0 aliphatic heterocycles. The zero-order chi connectivity index (χ0) is 29.3. The Kier molecular flexibility index (Phi) is 11.4. The van der Waals surface area contributed by atoms with Crippen molar-refractivity contribution in [3.63, 3.8) is 0 Å². The first-order chi connectivity index (χ1) is 19.0. The molecule has 0 saturated heterocycles. The number of nitrogens with zero attached hydrogens (tertiary/aromatic N) is 2. The number of anilines is 1. The van der Waals surface area contributed by atoms with Gasteiger partial charge in [0.05, 0.1) is 11.9 Å². The molecular weight excluding hydrogens is 569 g/mol. The maximum absolute atomic E-state index is 14.1. The van der Waals surface area contributed by atoms with Gasteiger partial charge in [0.25, 0.3) is 0 Å². The van der Waals surface area contributed by atoms with Crippen molar-refractivity contribution in [2.45, 2.75) is 45.7 Å². The smallest absolute Gasteiger partial charge is 0.244 e. The molecule has 0 aliphatic rings. The highest BCUT2D eigenvalue weighted by Crippen LogP contribution is 2.29. The van der Waals surface area contributed by atoms with Crippen LogP contribution in [0.1, 0.15) is 36.5 Å². The minimum Gasteiger partial charge on any atom is -0.354 e. The van der Waals surface area contributed by atoms with E-state index in [1.165, 1.54) is 4.90 Å². The summed E-state index contributed by atoms with van der Waals surface area (Å²) in [5.41, 5.74) is 2.33. The highest BCUT2D eigenvalue weighted by molar-refractivity contribution is 7.92. The molecule has 214 valence electrons.